The third-order valence-electron chi connectivity index (χ3n) is 4.39. The van der Waals surface area contributed by atoms with E-state index in [2.05, 4.69) is 15.6 Å². The van der Waals surface area contributed by atoms with Crippen LogP contribution in [0.3, 0.4) is 0 Å². The smallest absolute Gasteiger partial charge is 0.338 e. The highest BCUT2D eigenvalue weighted by atomic mass is 16.5. The van der Waals surface area contributed by atoms with Gasteiger partial charge < -0.3 is 15.4 Å². The Kier molecular flexibility index (Phi) is 6.14. The lowest BCUT2D eigenvalue weighted by Gasteiger charge is -2.15. The van der Waals surface area contributed by atoms with Crippen LogP contribution in [0, 0.1) is 0 Å². The van der Waals surface area contributed by atoms with E-state index in [4.69, 9.17) is 4.74 Å². The highest BCUT2D eigenvalue weighted by Gasteiger charge is 2.20. The third kappa shape index (κ3) is 5.13. The first kappa shape index (κ1) is 18.6. The van der Waals surface area contributed by atoms with Crippen molar-refractivity contribution in [1.29, 1.82) is 0 Å². The highest BCUT2D eigenvalue weighted by Crippen LogP contribution is 2.20. The van der Waals surface area contributed by atoms with E-state index in [-0.39, 0.29) is 11.9 Å². The number of pyridine rings is 1. The lowest BCUT2D eigenvalue weighted by atomic mass is 10.1. The number of benzene rings is 1. The summed E-state index contributed by atoms with van der Waals surface area (Å²) in [6.45, 7) is -0.445. The van der Waals surface area contributed by atoms with Crippen molar-refractivity contribution >= 4 is 23.5 Å². The number of amides is 2. The van der Waals surface area contributed by atoms with Crippen LogP contribution in [0.5, 0.6) is 0 Å². The Balaban J connectivity index is 1.57. The number of esters is 1. The molecule has 1 aliphatic rings. The molecule has 1 aliphatic carbocycles. The fourth-order valence-corrected chi connectivity index (χ4v) is 3.01. The third-order valence-corrected chi connectivity index (χ3v) is 4.39. The van der Waals surface area contributed by atoms with Gasteiger partial charge in [0.1, 0.15) is 0 Å². The topological polar surface area (TPSA) is 97.4 Å². The molecule has 140 valence electrons. The van der Waals surface area contributed by atoms with Crippen molar-refractivity contribution in [1.82, 2.24) is 10.3 Å². The maximum atomic E-state index is 12.5. The fourth-order valence-electron chi connectivity index (χ4n) is 3.01. The van der Waals surface area contributed by atoms with Crippen LogP contribution in [0.25, 0.3) is 0 Å². The van der Waals surface area contributed by atoms with Crippen LogP contribution in [0.2, 0.25) is 0 Å². The monoisotopic (exact) mass is 367 g/mol. The molecule has 27 heavy (non-hydrogen) atoms. The average Bonchev–Trinajstić information content (AvgIpc) is 3.20. The van der Waals surface area contributed by atoms with E-state index in [1.807, 2.05) is 0 Å². The molecular weight excluding hydrogens is 346 g/mol. The Morgan fingerprint density at radius 2 is 1.74 bits per heavy atom. The molecular formula is C20H21N3O4. The molecule has 2 aromatic rings. The van der Waals surface area contributed by atoms with E-state index in [9.17, 15) is 14.4 Å². The van der Waals surface area contributed by atoms with Crippen molar-refractivity contribution < 1.29 is 19.1 Å². The summed E-state index contributed by atoms with van der Waals surface area (Å²) >= 11 is 0. The Morgan fingerprint density at radius 3 is 2.48 bits per heavy atom. The highest BCUT2D eigenvalue weighted by molar-refractivity contribution is 6.04. The fraction of sp³-hybridized carbons (Fsp3) is 0.300. The zero-order valence-corrected chi connectivity index (χ0v) is 14.8. The predicted octanol–water partition coefficient (Wildman–Crippen LogP) is 2.55. The summed E-state index contributed by atoms with van der Waals surface area (Å²) in [4.78, 5) is 40.3. The van der Waals surface area contributed by atoms with Crippen LogP contribution in [0.4, 0.5) is 5.69 Å². The number of nitrogens with one attached hydrogen (secondary N) is 2. The summed E-state index contributed by atoms with van der Waals surface area (Å²) < 4.78 is 4.99. The van der Waals surface area contributed by atoms with Crippen LogP contribution >= 0.6 is 0 Å². The minimum absolute atomic E-state index is 0.183. The molecule has 7 nitrogen and oxygen atoms in total. The summed E-state index contributed by atoms with van der Waals surface area (Å²) in [5.41, 5.74) is 1.09. The lowest BCUT2D eigenvalue weighted by Crippen LogP contribution is -2.33. The van der Waals surface area contributed by atoms with E-state index in [1.54, 1.807) is 24.3 Å². The molecule has 1 aromatic heterocycles. The van der Waals surface area contributed by atoms with Crippen molar-refractivity contribution in [3.63, 3.8) is 0 Å². The minimum atomic E-state index is -0.611. The van der Waals surface area contributed by atoms with Crippen LogP contribution in [0.1, 0.15) is 46.4 Å². The van der Waals surface area contributed by atoms with Crippen LogP contribution in [-0.4, -0.2) is 35.4 Å². The number of ether oxygens (including phenoxy) is 1. The second-order valence-corrected chi connectivity index (χ2v) is 6.36. The molecule has 7 heteroatoms. The Hall–Kier alpha value is -3.22. The first-order valence-electron chi connectivity index (χ1n) is 8.90. The van der Waals surface area contributed by atoms with Gasteiger partial charge in [0.05, 0.1) is 16.8 Å². The van der Waals surface area contributed by atoms with E-state index < -0.39 is 18.5 Å². The second-order valence-electron chi connectivity index (χ2n) is 6.36. The molecule has 1 heterocycles. The number of hydrogen-bond acceptors (Lipinski definition) is 5. The maximum Gasteiger partial charge on any atom is 0.338 e. The molecule has 1 aromatic carbocycles. The van der Waals surface area contributed by atoms with Crippen molar-refractivity contribution in [2.75, 3.05) is 11.9 Å². The van der Waals surface area contributed by atoms with E-state index in [0.717, 1.165) is 25.7 Å². The SMILES string of the molecule is O=C(COC(=O)c1ccncc1)Nc1ccccc1C(=O)NC1CCCC1. The van der Waals surface area contributed by atoms with Gasteiger partial charge in [0.2, 0.25) is 0 Å². The van der Waals surface area contributed by atoms with E-state index in [0.29, 0.717) is 16.8 Å². The second kappa shape index (κ2) is 8.93. The molecule has 0 atom stereocenters. The van der Waals surface area contributed by atoms with Gasteiger partial charge in [-0.05, 0) is 37.1 Å². The van der Waals surface area contributed by atoms with Gasteiger partial charge in [-0.1, -0.05) is 25.0 Å². The largest absolute Gasteiger partial charge is 0.452 e. The van der Waals surface area contributed by atoms with Gasteiger partial charge in [-0.15, -0.1) is 0 Å². The summed E-state index contributed by atoms with van der Waals surface area (Å²) in [7, 11) is 0. The summed E-state index contributed by atoms with van der Waals surface area (Å²) in [6, 6.07) is 9.96. The zero-order chi connectivity index (χ0) is 19.1. The van der Waals surface area contributed by atoms with Crippen LogP contribution < -0.4 is 10.6 Å². The zero-order valence-electron chi connectivity index (χ0n) is 14.8. The van der Waals surface area contributed by atoms with E-state index >= 15 is 0 Å². The number of nitrogens with zero attached hydrogens (tertiary/aromatic N) is 1. The van der Waals surface area contributed by atoms with Gasteiger partial charge in [0.25, 0.3) is 11.8 Å². The molecule has 2 N–H and O–H groups in total. The number of hydrogen-bond donors (Lipinski definition) is 2. The normalized spacial score (nSPS) is 13.8. The minimum Gasteiger partial charge on any atom is -0.452 e. The van der Waals surface area contributed by atoms with Crippen LogP contribution in [0.15, 0.2) is 48.8 Å². The van der Waals surface area contributed by atoms with Gasteiger partial charge in [-0.3, -0.25) is 14.6 Å². The number of carbonyl (C=O) groups excluding carboxylic acids is 3. The van der Waals surface area contributed by atoms with Crippen molar-refractivity contribution in [2.45, 2.75) is 31.7 Å². The molecule has 0 aliphatic heterocycles. The molecule has 2 amide bonds. The van der Waals surface area contributed by atoms with Gasteiger partial charge >= 0.3 is 5.97 Å². The first-order valence-corrected chi connectivity index (χ1v) is 8.90. The summed E-state index contributed by atoms with van der Waals surface area (Å²) in [5, 5.41) is 5.63. The molecule has 0 saturated heterocycles. The predicted molar refractivity (Wildman–Crippen MR) is 99.3 cm³/mol. The molecule has 0 bridgehead atoms. The molecule has 0 spiro atoms. The van der Waals surface area contributed by atoms with Gasteiger partial charge in [0.15, 0.2) is 6.61 Å². The summed E-state index contributed by atoms with van der Waals surface area (Å²) in [5.74, 6) is -1.34. The number of aromatic nitrogens is 1. The quantitative estimate of drug-likeness (QED) is 0.765. The molecule has 1 saturated carbocycles. The van der Waals surface area contributed by atoms with E-state index in [1.165, 1.54) is 24.5 Å². The molecule has 3 rings (SSSR count). The van der Waals surface area contributed by atoms with Crippen molar-refractivity contribution in [3.8, 4) is 0 Å². The Labute approximate surface area is 157 Å². The average molecular weight is 367 g/mol. The first-order chi connectivity index (χ1) is 13.1. The lowest BCUT2D eigenvalue weighted by molar-refractivity contribution is -0.119. The molecule has 0 radical (unpaired) electrons. The van der Waals surface area contributed by atoms with Crippen molar-refractivity contribution in [3.05, 3.63) is 59.9 Å². The summed E-state index contributed by atoms with van der Waals surface area (Å²) in [6.07, 6.45) is 7.13. The number of anilines is 1. The van der Waals surface area contributed by atoms with Gasteiger partial charge in [0, 0.05) is 18.4 Å². The number of rotatable bonds is 6. The van der Waals surface area contributed by atoms with Crippen molar-refractivity contribution in [2.24, 2.45) is 0 Å². The molecule has 1 fully saturated rings. The van der Waals surface area contributed by atoms with Gasteiger partial charge in [-0.2, -0.15) is 0 Å². The molecule has 0 unspecified atom stereocenters. The maximum absolute atomic E-state index is 12.5. The Morgan fingerprint density at radius 1 is 1.04 bits per heavy atom. The Bertz CT molecular complexity index is 817. The number of carbonyl (C=O) groups is 3. The van der Waals surface area contributed by atoms with Gasteiger partial charge in [-0.25, -0.2) is 4.79 Å². The number of para-hydroxylation sites is 1. The standard InChI is InChI=1S/C20H21N3O4/c24-18(13-27-20(26)14-9-11-21-12-10-14)23-17-8-4-3-7-16(17)19(25)22-15-5-1-2-6-15/h3-4,7-12,15H,1-2,5-6,13H2,(H,22,25)(H,23,24). The van der Waals surface area contributed by atoms with Crippen LogP contribution in [-0.2, 0) is 9.53 Å².